The Bertz CT molecular complexity index is 1310. The number of sulfonamides is 1. The van der Waals surface area contributed by atoms with Crippen LogP contribution in [0.15, 0.2) is 53.6 Å². The zero-order valence-electron chi connectivity index (χ0n) is 22.7. The number of carboxylic acids is 3. The number of aliphatic carboxylic acids is 3. The van der Waals surface area contributed by atoms with Crippen LogP contribution in [0.4, 0.5) is 5.82 Å². The molecular formula is C26H33ClN4O10S. The van der Waals surface area contributed by atoms with E-state index in [1.54, 1.807) is 12.1 Å². The molecule has 1 aliphatic rings. The van der Waals surface area contributed by atoms with E-state index in [2.05, 4.69) is 17.2 Å². The summed E-state index contributed by atoms with van der Waals surface area (Å²) in [7, 11) is -4.03. The zero-order valence-corrected chi connectivity index (χ0v) is 24.3. The standard InChI is InChI=1S/C13H11ClN2O4S.C8H16O2.C5H6N2O4/c14-10-4-6-11(7-5-10)21(19,20)16(9-13(17)18)12-3-1-2-8-15-12;1-2-3-4-5-6-7-8(9)10;8-3-4(9)7-2(1-6-3)5(10)11/h1-8H,9H2,(H,17,18);2-7H2,1H3,(H,9,10);2H,1H2,(H,6,8)(H,7,9)(H,10,11)/t;;2-/m..0/s1. The van der Waals surface area contributed by atoms with Crippen molar-refractivity contribution in [2.24, 2.45) is 0 Å². The Labute approximate surface area is 247 Å². The summed E-state index contributed by atoms with van der Waals surface area (Å²) >= 11 is 5.73. The maximum absolute atomic E-state index is 12.6. The Kier molecular flexibility index (Phi) is 15.5. The summed E-state index contributed by atoms with van der Waals surface area (Å²) in [5.74, 6) is -4.76. The quantitative estimate of drug-likeness (QED) is 0.169. The van der Waals surface area contributed by atoms with Crippen LogP contribution in [-0.4, -0.2) is 77.6 Å². The number of hydrogen-bond donors (Lipinski definition) is 5. The normalized spacial score (nSPS) is 14.1. The van der Waals surface area contributed by atoms with Crippen molar-refractivity contribution in [1.82, 2.24) is 15.6 Å². The van der Waals surface area contributed by atoms with Gasteiger partial charge in [-0.05, 0) is 42.8 Å². The number of carbonyl (C=O) groups is 5. The van der Waals surface area contributed by atoms with E-state index in [0.717, 1.165) is 17.1 Å². The average molecular weight is 629 g/mol. The molecule has 2 amide bonds. The molecule has 0 saturated carbocycles. The van der Waals surface area contributed by atoms with E-state index in [1.807, 2.05) is 5.32 Å². The summed E-state index contributed by atoms with van der Waals surface area (Å²) in [5, 5.41) is 30.1. The van der Waals surface area contributed by atoms with Gasteiger partial charge in [0.25, 0.3) is 10.0 Å². The number of anilines is 1. The minimum Gasteiger partial charge on any atom is -0.481 e. The molecule has 1 atom stereocenters. The van der Waals surface area contributed by atoms with Gasteiger partial charge in [0.1, 0.15) is 18.4 Å². The highest BCUT2D eigenvalue weighted by Crippen LogP contribution is 2.22. The number of amides is 2. The van der Waals surface area contributed by atoms with E-state index >= 15 is 0 Å². The topological polar surface area (TPSA) is 220 Å². The van der Waals surface area contributed by atoms with Gasteiger partial charge in [0, 0.05) is 24.2 Å². The Morgan fingerprint density at radius 1 is 0.952 bits per heavy atom. The van der Waals surface area contributed by atoms with Gasteiger partial charge in [-0.3, -0.25) is 19.2 Å². The third-order valence-corrected chi connectivity index (χ3v) is 7.37. The van der Waals surface area contributed by atoms with Gasteiger partial charge >= 0.3 is 29.7 Å². The third kappa shape index (κ3) is 13.0. The maximum atomic E-state index is 12.6. The minimum atomic E-state index is -4.03. The number of pyridine rings is 1. The summed E-state index contributed by atoms with van der Waals surface area (Å²) in [5.41, 5.74) is 0. The predicted octanol–water partition coefficient (Wildman–Crippen LogP) is 2.13. The fourth-order valence-electron chi connectivity index (χ4n) is 3.23. The van der Waals surface area contributed by atoms with E-state index in [-0.39, 0.29) is 17.3 Å². The number of halogens is 1. The molecule has 1 saturated heterocycles. The van der Waals surface area contributed by atoms with Crippen molar-refractivity contribution in [3.63, 3.8) is 0 Å². The summed E-state index contributed by atoms with van der Waals surface area (Å²) in [4.78, 5) is 56.0. The predicted molar refractivity (Wildman–Crippen MR) is 151 cm³/mol. The van der Waals surface area contributed by atoms with Gasteiger partial charge in [-0.1, -0.05) is 50.3 Å². The van der Waals surface area contributed by atoms with Crippen LogP contribution in [0.5, 0.6) is 0 Å². The van der Waals surface area contributed by atoms with Crippen molar-refractivity contribution in [1.29, 1.82) is 0 Å². The van der Waals surface area contributed by atoms with E-state index in [4.69, 9.17) is 26.9 Å². The SMILES string of the molecule is CCCCCCCC(=O)O.O=C(O)CN(c1ccccn1)S(=O)(=O)c1ccc(Cl)cc1.O=C1NC[C@@H](C(=O)O)NC1=O. The van der Waals surface area contributed by atoms with Gasteiger partial charge in [0.15, 0.2) is 0 Å². The second-order valence-electron chi connectivity index (χ2n) is 8.68. The van der Waals surface area contributed by atoms with E-state index in [9.17, 15) is 32.4 Å². The average Bonchev–Trinajstić information content (AvgIpc) is 2.94. The lowest BCUT2D eigenvalue weighted by Crippen LogP contribution is -2.58. The summed E-state index contributed by atoms with van der Waals surface area (Å²) < 4.78 is 25.9. The minimum absolute atomic E-state index is 0.0369. The molecule has 0 bridgehead atoms. The van der Waals surface area contributed by atoms with Crippen LogP contribution in [0.25, 0.3) is 0 Å². The van der Waals surface area contributed by atoms with Crippen LogP contribution in [0.3, 0.4) is 0 Å². The van der Waals surface area contributed by atoms with Crippen molar-refractivity contribution in [3.8, 4) is 0 Å². The number of carboxylic acid groups (broad SMARTS) is 3. The van der Waals surface area contributed by atoms with Gasteiger partial charge in [-0.25, -0.2) is 22.5 Å². The second-order valence-corrected chi connectivity index (χ2v) is 11.0. The number of hydrogen-bond acceptors (Lipinski definition) is 8. The first-order valence-electron chi connectivity index (χ1n) is 12.7. The number of rotatable bonds is 12. The first kappa shape index (κ1) is 35.8. The highest BCUT2D eigenvalue weighted by Gasteiger charge is 2.29. The number of aromatic nitrogens is 1. The van der Waals surface area contributed by atoms with Crippen LogP contribution in [0.2, 0.25) is 5.02 Å². The number of carbonyl (C=O) groups excluding carboxylic acids is 2. The number of unbranched alkanes of at least 4 members (excludes halogenated alkanes) is 4. The summed E-state index contributed by atoms with van der Waals surface area (Å²) in [6.07, 6.45) is 7.28. The van der Waals surface area contributed by atoms with Crippen molar-refractivity contribution < 1.29 is 47.7 Å². The van der Waals surface area contributed by atoms with Crippen LogP contribution < -0.4 is 14.9 Å². The Hall–Kier alpha value is -4.24. The molecule has 0 spiro atoms. The first-order valence-corrected chi connectivity index (χ1v) is 14.6. The number of nitrogens with one attached hydrogen (secondary N) is 2. The van der Waals surface area contributed by atoms with Crippen molar-refractivity contribution >= 4 is 57.2 Å². The molecule has 14 nitrogen and oxygen atoms in total. The van der Waals surface area contributed by atoms with Gasteiger partial charge in [0.2, 0.25) is 0 Å². The smallest absolute Gasteiger partial charge is 0.328 e. The molecule has 0 radical (unpaired) electrons. The molecular weight excluding hydrogens is 596 g/mol. The molecule has 2 heterocycles. The molecule has 1 aromatic carbocycles. The van der Waals surface area contributed by atoms with Crippen LogP contribution in [0.1, 0.15) is 45.4 Å². The van der Waals surface area contributed by atoms with E-state index < -0.39 is 52.3 Å². The molecule has 16 heteroatoms. The van der Waals surface area contributed by atoms with Gasteiger partial charge in [-0.15, -0.1) is 0 Å². The molecule has 3 rings (SSSR count). The molecule has 1 fully saturated rings. The van der Waals surface area contributed by atoms with E-state index in [1.165, 1.54) is 55.8 Å². The molecule has 0 unspecified atom stereocenters. The molecule has 5 N–H and O–H groups in total. The fourth-order valence-corrected chi connectivity index (χ4v) is 4.72. The lowest BCUT2D eigenvalue weighted by Gasteiger charge is -2.21. The lowest BCUT2D eigenvalue weighted by atomic mass is 10.1. The summed E-state index contributed by atoms with van der Waals surface area (Å²) in [6.45, 7) is 1.37. The molecule has 0 aliphatic carbocycles. The zero-order chi connectivity index (χ0) is 31.7. The second kappa shape index (κ2) is 18.2. The molecule has 1 aromatic heterocycles. The van der Waals surface area contributed by atoms with E-state index in [0.29, 0.717) is 11.4 Å². The van der Waals surface area contributed by atoms with Crippen molar-refractivity contribution in [3.05, 3.63) is 53.7 Å². The van der Waals surface area contributed by atoms with Crippen LogP contribution in [-0.2, 0) is 34.0 Å². The largest absolute Gasteiger partial charge is 0.481 e. The molecule has 2 aromatic rings. The summed E-state index contributed by atoms with van der Waals surface area (Å²) in [6, 6.07) is 9.09. The molecule has 230 valence electrons. The Morgan fingerprint density at radius 2 is 1.60 bits per heavy atom. The number of piperazine rings is 1. The Morgan fingerprint density at radius 3 is 2.10 bits per heavy atom. The maximum Gasteiger partial charge on any atom is 0.328 e. The third-order valence-electron chi connectivity index (χ3n) is 5.36. The van der Waals surface area contributed by atoms with Gasteiger partial charge in [0.05, 0.1) is 4.90 Å². The number of benzene rings is 1. The molecule has 1 aliphatic heterocycles. The highest BCUT2D eigenvalue weighted by atomic mass is 35.5. The van der Waals surface area contributed by atoms with Crippen molar-refractivity contribution in [2.75, 3.05) is 17.4 Å². The fraction of sp³-hybridized carbons (Fsp3) is 0.385. The highest BCUT2D eigenvalue weighted by molar-refractivity contribution is 7.92. The van der Waals surface area contributed by atoms with Crippen molar-refractivity contribution in [2.45, 2.75) is 56.4 Å². The van der Waals surface area contributed by atoms with Gasteiger partial charge in [-0.2, -0.15) is 0 Å². The lowest BCUT2D eigenvalue weighted by molar-refractivity contribution is -0.147. The number of nitrogens with zero attached hydrogens (tertiary/aromatic N) is 2. The van der Waals surface area contributed by atoms with Crippen LogP contribution >= 0.6 is 11.6 Å². The molecule has 42 heavy (non-hydrogen) atoms. The monoisotopic (exact) mass is 628 g/mol. The van der Waals surface area contributed by atoms with Crippen LogP contribution in [0, 0.1) is 0 Å². The first-order chi connectivity index (χ1) is 19.8. The van der Waals surface area contributed by atoms with Gasteiger partial charge < -0.3 is 26.0 Å². The Balaban J connectivity index is 0.000000354.